The van der Waals surface area contributed by atoms with Gasteiger partial charge in [0.1, 0.15) is 0 Å². The summed E-state index contributed by atoms with van der Waals surface area (Å²) in [6.07, 6.45) is 0. The number of rotatable bonds is 2. The first-order valence-electron chi connectivity index (χ1n) is 5.92. The molecule has 2 N–H and O–H groups in total. The van der Waals surface area contributed by atoms with Crippen LogP contribution in [0.15, 0.2) is 0 Å². The van der Waals surface area contributed by atoms with Crippen LogP contribution in [0.1, 0.15) is 61.8 Å². The second kappa shape index (κ2) is 2.58. The van der Waals surface area contributed by atoms with Gasteiger partial charge in [-0.15, -0.1) is 0 Å². The summed E-state index contributed by atoms with van der Waals surface area (Å²) in [6.45, 7) is 9.11. The van der Waals surface area contributed by atoms with E-state index >= 15 is 0 Å². The topological polar surface area (TPSA) is 26.0 Å². The van der Waals surface area contributed by atoms with E-state index in [9.17, 15) is 0 Å². The fourth-order valence-electron chi connectivity index (χ4n) is 3.18. The molecule has 3 aliphatic carbocycles. The molecule has 1 radical (unpaired) electrons. The summed E-state index contributed by atoms with van der Waals surface area (Å²) in [7, 11) is 0. The third-order valence-electron chi connectivity index (χ3n) is 3.92. The summed E-state index contributed by atoms with van der Waals surface area (Å²) in [5, 5.41) is 0. The zero-order valence-electron chi connectivity index (χ0n) is 9.89. The number of nitrogens with two attached hydrogens (primary N) is 1. The van der Waals surface area contributed by atoms with Crippen molar-refractivity contribution in [3.8, 4) is 0 Å². The smallest absolute Gasteiger partial charge is 0.0401 e. The Morgan fingerprint density at radius 2 is 1.53 bits per heavy atom. The fourth-order valence-corrected chi connectivity index (χ4v) is 3.18. The molecule has 0 aliphatic heterocycles. The highest BCUT2D eigenvalue weighted by atomic mass is 14.7. The molecule has 1 aromatic rings. The zero-order chi connectivity index (χ0) is 10.9. The van der Waals surface area contributed by atoms with Crippen LogP contribution in [0, 0.1) is 17.9 Å². The van der Waals surface area contributed by atoms with E-state index in [2.05, 4.69) is 33.8 Å². The van der Waals surface area contributed by atoms with Crippen molar-refractivity contribution in [1.29, 1.82) is 0 Å². The van der Waals surface area contributed by atoms with Gasteiger partial charge in [0.05, 0.1) is 0 Å². The molecule has 0 saturated carbocycles. The van der Waals surface area contributed by atoms with E-state index in [1.54, 1.807) is 0 Å². The number of hydrogen-bond acceptors (Lipinski definition) is 1. The molecule has 4 rings (SSSR count). The molecule has 2 bridgehead atoms. The van der Waals surface area contributed by atoms with Crippen LogP contribution in [0.3, 0.4) is 0 Å². The van der Waals surface area contributed by atoms with E-state index in [1.807, 2.05) is 0 Å². The van der Waals surface area contributed by atoms with Gasteiger partial charge in [-0.1, -0.05) is 27.7 Å². The Hall–Kier alpha value is -0.980. The van der Waals surface area contributed by atoms with Crippen LogP contribution in [-0.4, -0.2) is 0 Å². The first-order chi connectivity index (χ1) is 7.04. The molecule has 0 aromatic heterocycles. The predicted molar refractivity (Wildman–Crippen MR) is 63.1 cm³/mol. The molecule has 0 heterocycles. The lowest BCUT2D eigenvalue weighted by Gasteiger charge is -2.31. The Bertz CT molecular complexity index is 439. The number of benzene rings is 1. The molecule has 1 nitrogen and oxygen atoms in total. The van der Waals surface area contributed by atoms with Crippen LogP contribution in [0.25, 0.3) is 0 Å². The Morgan fingerprint density at radius 3 is 2.07 bits per heavy atom. The lowest BCUT2D eigenvalue weighted by Crippen LogP contribution is -2.19. The van der Waals surface area contributed by atoms with Crippen LogP contribution in [0.5, 0.6) is 0 Å². The summed E-state index contributed by atoms with van der Waals surface area (Å²) in [4.78, 5) is 0. The van der Waals surface area contributed by atoms with Gasteiger partial charge in [0.15, 0.2) is 0 Å². The number of nitrogen functional groups attached to an aromatic ring is 1. The van der Waals surface area contributed by atoms with Crippen molar-refractivity contribution in [3.05, 3.63) is 28.3 Å². The molecule has 15 heavy (non-hydrogen) atoms. The molecule has 0 fully saturated rings. The molecule has 0 spiro atoms. The average Bonchev–Trinajstić information content (AvgIpc) is 2.75. The average molecular weight is 200 g/mol. The quantitative estimate of drug-likeness (QED) is 0.728. The predicted octanol–water partition coefficient (Wildman–Crippen LogP) is 3.27. The normalized spacial score (nSPS) is 25.5. The van der Waals surface area contributed by atoms with Crippen molar-refractivity contribution in [2.75, 3.05) is 5.73 Å². The van der Waals surface area contributed by atoms with Gasteiger partial charge in [0, 0.05) is 17.5 Å². The maximum atomic E-state index is 6.20. The Balaban J connectivity index is 2.07. The largest absolute Gasteiger partial charge is 0.398 e. The van der Waals surface area contributed by atoms with Crippen LogP contribution in [0.4, 0.5) is 5.69 Å². The minimum atomic E-state index is 0.590. The van der Waals surface area contributed by atoms with Crippen molar-refractivity contribution in [2.45, 2.75) is 39.5 Å². The van der Waals surface area contributed by atoms with Crippen molar-refractivity contribution >= 4 is 5.69 Å². The van der Waals surface area contributed by atoms with E-state index in [1.165, 1.54) is 22.3 Å². The molecule has 3 aliphatic rings. The van der Waals surface area contributed by atoms with Crippen LogP contribution >= 0.6 is 0 Å². The Kier molecular flexibility index (Phi) is 1.59. The molecule has 2 atom stereocenters. The Morgan fingerprint density at radius 1 is 0.933 bits per heavy atom. The van der Waals surface area contributed by atoms with Gasteiger partial charge in [0.25, 0.3) is 0 Å². The third-order valence-corrected chi connectivity index (χ3v) is 3.92. The first-order valence-corrected chi connectivity index (χ1v) is 5.92. The van der Waals surface area contributed by atoms with Gasteiger partial charge in [-0.3, -0.25) is 0 Å². The lowest BCUT2D eigenvalue weighted by molar-refractivity contribution is 0.536. The van der Waals surface area contributed by atoms with E-state index in [4.69, 9.17) is 5.73 Å². The molecular formula is C14H18N. The van der Waals surface area contributed by atoms with Gasteiger partial charge in [0.2, 0.25) is 0 Å². The molecule has 79 valence electrons. The summed E-state index contributed by atoms with van der Waals surface area (Å²) in [5.74, 6) is 2.59. The Labute approximate surface area is 91.7 Å². The minimum Gasteiger partial charge on any atom is -0.398 e. The molecule has 2 unspecified atom stereocenters. The molecule has 1 aromatic carbocycles. The van der Waals surface area contributed by atoms with Crippen LogP contribution < -0.4 is 5.73 Å². The fraction of sp³-hybridized carbons (Fsp3) is 0.571. The van der Waals surface area contributed by atoms with Gasteiger partial charge in [-0.25, -0.2) is 0 Å². The number of anilines is 1. The van der Waals surface area contributed by atoms with Crippen molar-refractivity contribution in [1.82, 2.24) is 0 Å². The van der Waals surface area contributed by atoms with Gasteiger partial charge in [-0.2, -0.15) is 0 Å². The van der Waals surface area contributed by atoms with Crippen LogP contribution in [0.2, 0.25) is 0 Å². The van der Waals surface area contributed by atoms with Gasteiger partial charge < -0.3 is 5.73 Å². The summed E-state index contributed by atoms with van der Waals surface area (Å²) < 4.78 is 0. The molecule has 0 amide bonds. The summed E-state index contributed by atoms with van der Waals surface area (Å²) >= 11 is 0. The zero-order valence-corrected chi connectivity index (χ0v) is 9.89. The monoisotopic (exact) mass is 200 g/mol. The van der Waals surface area contributed by atoms with Crippen molar-refractivity contribution in [2.24, 2.45) is 11.8 Å². The van der Waals surface area contributed by atoms with E-state index in [0.717, 1.165) is 5.69 Å². The van der Waals surface area contributed by atoms with Gasteiger partial charge >= 0.3 is 0 Å². The van der Waals surface area contributed by atoms with Crippen LogP contribution in [-0.2, 0) is 0 Å². The third kappa shape index (κ3) is 0.940. The maximum Gasteiger partial charge on any atom is 0.0401 e. The second-order valence-electron chi connectivity index (χ2n) is 5.64. The van der Waals surface area contributed by atoms with E-state index in [0.29, 0.717) is 23.7 Å². The van der Waals surface area contributed by atoms with Crippen molar-refractivity contribution in [3.63, 3.8) is 0 Å². The minimum absolute atomic E-state index is 0.590. The summed E-state index contributed by atoms with van der Waals surface area (Å²) in [5.41, 5.74) is 13.0. The highest BCUT2D eigenvalue weighted by molar-refractivity contribution is 5.80. The molecule has 0 saturated heterocycles. The SMILES string of the molecule is CC(C)C1c2[c]c1c1c(c2N)C1C(C)C. The van der Waals surface area contributed by atoms with Crippen molar-refractivity contribution < 1.29 is 0 Å². The highest BCUT2D eigenvalue weighted by Crippen LogP contribution is 2.63. The van der Waals surface area contributed by atoms with E-state index in [-0.39, 0.29) is 0 Å². The molecule has 1 heteroatoms. The first kappa shape index (κ1) is 9.26. The second-order valence-corrected chi connectivity index (χ2v) is 5.64. The highest BCUT2D eigenvalue weighted by Gasteiger charge is 2.48. The summed E-state index contributed by atoms with van der Waals surface area (Å²) in [6, 6.07) is 3.45. The maximum absolute atomic E-state index is 6.20. The lowest BCUT2D eigenvalue weighted by atomic mass is 9.73. The molecular weight excluding hydrogens is 182 g/mol. The van der Waals surface area contributed by atoms with Gasteiger partial charge in [-0.05, 0) is 40.2 Å². The standard InChI is InChI=1S/C14H18N/c1-6(2)10-8-5-9(10)14(15)13-11(7(3)4)12(8)13/h6-7,10-11H,15H2,1-4H3. The van der Waals surface area contributed by atoms with E-state index < -0.39 is 0 Å². The number of hydrogen-bond donors (Lipinski definition) is 1.